The fourth-order valence-electron chi connectivity index (χ4n) is 4.96. The summed E-state index contributed by atoms with van der Waals surface area (Å²) in [5, 5.41) is 8.68. The average molecular weight is 557 g/mol. The highest BCUT2D eigenvalue weighted by atomic mass is 35.5. The molecule has 1 unspecified atom stereocenters. The first-order valence-corrected chi connectivity index (χ1v) is 13.6. The lowest BCUT2D eigenvalue weighted by Gasteiger charge is -2.30. The summed E-state index contributed by atoms with van der Waals surface area (Å²) in [6.45, 7) is 4.37. The molecule has 0 radical (unpaired) electrons. The summed E-state index contributed by atoms with van der Waals surface area (Å²) < 4.78 is 19.7. The highest BCUT2D eigenvalue weighted by Crippen LogP contribution is 2.40. The lowest BCUT2D eigenvalue weighted by atomic mass is 9.94. The molecule has 8 nitrogen and oxygen atoms in total. The fourth-order valence-corrected chi connectivity index (χ4v) is 5.47. The molecular formula is C28H30Cl2N4O4. The Bertz CT molecular complexity index is 1330. The molecule has 1 saturated carbocycles. The van der Waals surface area contributed by atoms with Crippen molar-refractivity contribution in [1.82, 2.24) is 14.8 Å². The smallest absolute Gasteiger partial charge is 0.338 e. The van der Waals surface area contributed by atoms with Crippen LogP contribution in [0.4, 0.5) is 5.95 Å². The summed E-state index contributed by atoms with van der Waals surface area (Å²) in [5.41, 5.74) is 2.66. The number of hydrogen-bond acceptors (Lipinski definition) is 7. The quantitative estimate of drug-likeness (QED) is 0.308. The van der Waals surface area contributed by atoms with Gasteiger partial charge in [-0.05, 0) is 69.4 Å². The van der Waals surface area contributed by atoms with E-state index in [1.807, 2.05) is 32.0 Å². The molecule has 0 amide bonds. The molecule has 1 aromatic heterocycles. The SMILES string of the molecule is CCOc1cc(C2C(C(=O)OC3CCCCC3)=C(C)Nc3ncnn32)ccc1OCc1c(Cl)cccc1Cl. The molecule has 1 aliphatic heterocycles. The number of hydrogen-bond donors (Lipinski definition) is 1. The number of nitrogens with zero attached hydrogens (tertiary/aromatic N) is 3. The molecule has 2 heterocycles. The average Bonchev–Trinajstić information content (AvgIpc) is 3.37. The second kappa shape index (κ2) is 11.7. The van der Waals surface area contributed by atoms with Gasteiger partial charge in [-0.1, -0.05) is 41.8 Å². The predicted octanol–water partition coefficient (Wildman–Crippen LogP) is 6.73. The third kappa shape index (κ3) is 5.47. The fraction of sp³-hybridized carbons (Fsp3) is 0.393. The van der Waals surface area contributed by atoms with E-state index in [1.54, 1.807) is 22.9 Å². The number of carbonyl (C=O) groups is 1. The second-order valence-electron chi connectivity index (χ2n) is 9.39. The van der Waals surface area contributed by atoms with Crippen LogP contribution in [0.5, 0.6) is 11.5 Å². The molecule has 10 heteroatoms. The van der Waals surface area contributed by atoms with Crippen LogP contribution in [0.2, 0.25) is 10.0 Å². The number of benzene rings is 2. The minimum Gasteiger partial charge on any atom is -0.490 e. The Balaban J connectivity index is 1.47. The summed E-state index contributed by atoms with van der Waals surface area (Å²) in [4.78, 5) is 17.9. The molecule has 200 valence electrons. The molecule has 0 bridgehead atoms. The van der Waals surface area contributed by atoms with E-state index in [9.17, 15) is 4.79 Å². The first-order chi connectivity index (χ1) is 18.5. The van der Waals surface area contributed by atoms with E-state index < -0.39 is 6.04 Å². The lowest BCUT2D eigenvalue weighted by molar-refractivity contribution is -0.146. The Labute approximate surface area is 231 Å². The summed E-state index contributed by atoms with van der Waals surface area (Å²) in [6, 6.07) is 10.4. The van der Waals surface area contributed by atoms with Crippen molar-refractivity contribution in [2.45, 2.75) is 64.7 Å². The second-order valence-corrected chi connectivity index (χ2v) is 10.2. The van der Waals surface area contributed by atoms with Crippen molar-refractivity contribution >= 4 is 35.1 Å². The molecule has 0 saturated heterocycles. The third-order valence-corrected chi connectivity index (χ3v) is 7.57. The number of halogens is 2. The molecule has 1 atom stereocenters. The van der Waals surface area contributed by atoms with Crippen LogP contribution in [-0.2, 0) is 16.1 Å². The number of rotatable bonds is 8. The van der Waals surface area contributed by atoms with Gasteiger partial charge in [0.25, 0.3) is 0 Å². The van der Waals surface area contributed by atoms with Crippen LogP contribution in [0.15, 0.2) is 54.0 Å². The maximum atomic E-state index is 13.5. The van der Waals surface area contributed by atoms with Crippen molar-refractivity contribution in [3.8, 4) is 11.5 Å². The zero-order chi connectivity index (χ0) is 26.6. The van der Waals surface area contributed by atoms with Crippen LogP contribution in [0.1, 0.15) is 63.1 Å². The number of anilines is 1. The van der Waals surface area contributed by atoms with Crippen LogP contribution >= 0.6 is 23.2 Å². The van der Waals surface area contributed by atoms with E-state index in [2.05, 4.69) is 15.4 Å². The first kappa shape index (κ1) is 26.4. The van der Waals surface area contributed by atoms with Crippen molar-refractivity contribution in [3.63, 3.8) is 0 Å². The van der Waals surface area contributed by atoms with Gasteiger partial charge in [0, 0.05) is 21.3 Å². The molecule has 0 spiro atoms. The van der Waals surface area contributed by atoms with E-state index in [1.165, 1.54) is 12.7 Å². The van der Waals surface area contributed by atoms with Gasteiger partial charge in [0.15, 0.2) is 11.5 Å². The molecule has 3 aromatic rings. The largest absolute Gasteiger partial charge is 0.490 e. The van der Waals surface area contributed by atoms with E-state index >= 15 is 0 Å². The Kier molecular flexibility index (Phi) is 8.09. The highest BCUT2D eigenvalue weighted by Gasteiger charge is 2.36. The van der Waals surface area contributed by atoms with Gasteiger partial charge in [-0.2, -0.15) is 10.1 Å². The van der Waals surface area contributed by atoms with Crippen LogP contribution in [0.25, 0.3) is 0 Å². The van der Waals surface area contributed by atoms with E-state index in [-0.39, 0.29) is 18.7 Å². The molecular weight excluding hydrogens is 527 g/mol. The van der Waals surface area contributed by atoms with Gasteiger partial charge in [0.05, 0.1) is 12.2 Å². The van der Waals surface area contributed by atoms with Gasteiger partial charge in [-0.3, -0.25) is 0 Å². The van der Waals surface area contributed by atoms with Crippen molar-refractivity contribution in [2.75, 3.05) is 11.9 Å². The topological polar surface area (TPSA) is 87.5 Å². The molecule has 1 N–H and O–H groups in total. The monoisotopic (exact) mass is 556 g/mol. The standard InChI is InChI=1S/C28H30Cl2N4O4/c1-3-36-24-14-18(12-13-23(24)37-15-20-21(29)10-7-11-22(20)30)26-25(17(2)33-28-31-16-32-34(26)28)27(35)38-19-8-5-4-6-9-19/h7,10-14,16,19,26H,3-6,8-9,15H2,1-2H3,(H,31,32,33). The molecule has 5 rings (SSSR count). The third-order valence-electron chi connectivity index (χ3n) is 6.86. The van der Waals surface area contributed by atoms with Gasteiger partial charge in [-0.25, -0.2) is 9.48 Å². The summed E-state index contributed by atoms with van der Waals surface area (Å²) in [6.07, 6.45) is 6.50. The zero-order valence-corrected chi connectivity index (χ0v) is 22.9. The summed E-state index contributed by atoms with van der Waals surface area (Å²) >= 11 is 12.6. The highest BCUT2D eigenvalue weighted by molar-refractivity contribution is 6.35. The number of aromatic nitrogens is 3. The van der Waals surface area contributed by atoms with E-state index in [4.69, 9.17) is 37.4 Å². The van der Waals surface area contributed by atoms with Crippen LogP contribution in [-0.4, -0.2) is 33.4 Å². The molecule has 2 aromatic carbocycles. The van der Waals surface area contributed by atoms with Crippen LogP contribution < -0.4 is 14.8 Å². The van der Waals surface area contributed by atoms with Crippen molar-refractivity contribution in [3.05, 3.63) is 75.2 Å². The molecule has 1 fully saturated rings. The molecule has 38 heavy (non-hydrogen) atoms. The van der Waals surface area contributed by atoms with Gasteiger partial charge in [-0.15, -0.1) is 0 Å². The minimum atomic E-state index is -0.545. The number of allylic oxidation sites excluding steroid dienone is 1. The number of nitrogens with one attached hydrogen (secondary N) is 1. The van der Waals surface area contributed by atoms with Gasteiger partial charge >= 0.3 is 5.97 Å². The lowest BCUT2D eigenvalue weighted by Crippen LogP contribution is -2.32. The number of carbonyl (C=O) groups excluding carboxylic acids is 1. The minimum absolute atomic E-state index is 0.0688. The maximum absolute atomic E-state index is 13.5. The molecule has 1 aliphatic carbocycles. The van der Waals surface area contributed by atoms with Crippen molar-refractivity contribution in [1.29, 1.82) is 0 Å². The number of fused-ring (bicyclic) bond motifs is 1. The number of ether oxygens (including phenoxy) is 3. The van der Waals surface area contributed by atoms with Gasteiger partial charge in [0.1, 0.15) is 25.1 Å². The number of esters is 1. The maximum Gasteiger partial charge on any atom is 0.338 e. The zero-order valence-electron chi connectivity index (χ0n) is 21.4. The normalized spacial score (nSPS) is 17.5. The van der Waals surface area contributed by atoms with Crippen LogP contribution in [0, 0.1) is 0 Å². The van der Waals surface area contributed by atoms with Crippen molar-refractivity contribution < 1.29 is 19.0 Å². The Morgan fingerprint density at radius 3 is 2.58 bits per heavy atom. The predicted molar refractivity (Wildman–Crippen MR) is 146 cm³/mol. The van der Waals surface area contributed by atoms with Gasteiger partial charge < -0.3 is 19.5 Å². The first-order valence-electron chi connectivity index (χ1n) is 12.9. The summed E-state index contributed by atoms with van der Waals surface area (Å²) in [7, 11) is 0. The Hall–Kier alpha value is -3.23. The Morgan fingerprint density at radius 1 is 1.08 bits per heavy atom. The van der Waals surface area contributed by atoms with Gasteiger partial charge in [0.2, 0.25) is 5.95 Å². The summed E-state index contributed by atoms with van der Waals surface area (Å²) in [5.74, 6) is 1.27. The van der Waals surface area contributed by atoms with E-state index in [0.29, 0.717) is 50.9 Å². The Morgan fingerprint density at radius 2 is 1.84 bits per heavy atom. The van der Waals surface area contributed by atoms with E-state index in [0.717, 1.165) is 31.2 Å². The van der Waals surface area contributed by atoms with Crippen LogP contribution in [0.3, 0.4) is 0 Å². The van der Waals surface area contributed by atoms with Crippen molar-refractivity contribution in [2.24, 2.45) is 0 Å². The molecule has 2 aliphatic rings.